The van der Waals surface area contributed by atoms with Gasteiger partial charge in [-0.25, -0.2) is 0 Å². The van der Waals surface area contributed by atoms with Crippen LogP contribution in [0, 0.1) is 5.41 Å². The van der Waals surface area contributed by atoms with Gasteiger partial charge in [0.05, 0.1) is 0 Å². The minimum atomic E-state index is -0.0759. The molecular weight excluding hydrogens is 214 g/mol. The summed E-state index contributed by atoms with van der Waals surface area (Å²) in [5.74, 6) is -0.0759. The number of hydrogen-bond donors (Lipinski definition) is 2. The van der Waals surface area contributed by atoms with Gasteiger partial charge in [-0.1, -0.05) is 12.5 Å². The molecular formula is C13H19N3O. The lowest BCUT2D eigenvalue weighted by Gasteiger charge is -2.42. The van der Waals surface area contributed by atoms with Gasteiger partial charge in [-0.05, 0) is 32.0 Å². The molecule has 1 aromatic rings. The van der Waals surface area contributed by atoms with Gasteiger partial charge in [0, 0.05) is 24.7 Å². The molecule has 1 amide bonds. The van der Waals surface area contributed by atoms with Crippen LogP contribution in [-0.2, 0) is 0 Å². The number of rotatable bonds is 5. The molecule has 92 valence electrons. The first kappa shape index (κ1) is 12.0. The number of nitrogens with one attached hydrogen (secondary N) is 2. The van der Waals surface area contributed by atoms with Crippen molar-refractivity contribution in [3.8, 4) is 0 Å². The fourth-order valence-corrected chi connectivity index (χ4v) is 2.32. The third-order valence-corrected chi connectivity index (χ3v) is 3.49. The Bertz CT molecular complexity index is 374. The lowest BCUT2D eigenvalue weighted by atomic mass is 9.68. The Labute approximate surface area is 102 Å². The number of hydrogen-bond acceptors (Lipinski definition) is 3. The molecule has 4 nitrogen and oxygen atoms in total. The van der Waals surface area contributed by atoms with Crippen LogP contribution in [0.3, 0.4) is 0 Å². The van der Waals surface area contributed by atoms with Crippen LogP contribution in [0.25, 0.3) is 0 Å². The maximum atomic E-state index is 11.8. The molecule has 0 unspecified atom stereocenters. The monoisotopic (exact) mass is 233 g/mol. The largest absolute Gasteiger partial charge is 0.350 e. The lowest BCUT2D eigenvalue weighted by molar-refractivity contribution is 0.0857. The SMILES string of the molecule is CNCC1(CNC(=O)c2ccccn2)CCC1. The number of amides is 1. The molecule has 0 saturated heterocycles. The van der Waals surface area contributed by atoms with E-state index in [1.54, 1.807) is 12.3 Å². The third-order valence-electron chi connectivity index (χ3n) is 3.49. The summed E-state index contributed by atoms with van der Waals surface area (Å²) < 4.78 is 0. The number of carbonyl (C=O) groups is 1. The normalized spacial score (nSPS) is 17.2. The third kappa shape index (κ3) is 2.82. The fourth-order valence-electron chi connectivity index (χ4n) is 2.32. The van der Waals surface area contributed by atoms with Crippen LogP contribution in [0.5, 0.6) is 0 Å². The average molecular weight is 233 g/mol. The van der Waals surface area contributed by atoms with Crippen LogP contribution in [0.15, 0.2) is 24.4 Å². The van der Waals surface area contributed by atoms with E-state index in [0.717, 1.165) is 13.1 Å². The first-order valence-electron chi connectivity index (χ1n) is 6.10. The molecule has 0 radical (unpaired) electrons. The van der Waals surface area contributed by atoms with E-state index in [2.05, 4.69) is 15.6 Å². The fraction of sp³-hybridized carbons (Fsp3) is 0.538. The van der Waals surface area contributed by atoms with E-state index >= 15 is 0 Å². The Kier molecular flexibility index (Phi) is 3.74. The average Bonchev–Trinajstić information content (AvgIpc) is 2.33. The zero-order chi connectivity index (χ0) is 12.1. The smallest absolute Gasteiger partial charge is 0.269 e. The Morgan fingerprint density at radius 1 is 1.41 bits per heavy atom. The van der Waals surface area contributed by atoms with Gasteiger partial charge in [0.2, 0.25) is 0 Å². The molecule has 2 rings (SSSR count). The summed E-state index contributed by atoms with van der Waals surface area (Å²) in [5.41, 5.74) is 0.755. The van der Waals surface area contributed by atoms with Gasteiger partial charge in [0.1, 0.15) is 5.69 Å². The minimum Gasteiger partial charge on any atom is -0.350 e. The van der Waals surface area contributed by atoms with Crippen molar-refractivity contribution < 1.29 is 4.79 Å². The molecule has 0 aliphatic heterocycles. The maximum Gasteiger partial charge on any atom is 0.269 e. The summed E-state index contributed by atoms with van der Waals surface area (Å²) >= 11 is 0. The van der Waals surface area contributed by atoms with Gasteiger partial charge in [-0.2, -0.15) is 0 Å². The quantitative estimate of drug-likeness (QED) is 0.803. The van der Waals surface area contributed by atoms with Crippen LogP contribution in [0.2, 0.25) is 0 Å². The summed E-state index contributed by atoms with van der Waals surface area (Å²) in [5, 5.41) is 6.19. The Morgan fingerprint density at radius 2 is 2.24 bits per heavy atom. The first-order chi connectivity index (χ1) is 8.26. The molecule has 1 aliphatic rings. The molecule has 0 bridgehead atoms. The van der Waals surface area contributed by atoms with Crippen molar-refractivity contribution in [1.82, 2.24) is 15.6 Å². The molecule has 0 atom stereocenters. The van der Waals surface area contributed by atoms with Crippen molar-refractivity contribution in [3.05, 3.63) is 30.1 Å². The van der Waals surface area contributed by atoms with Crippen LogP contribution in [-0.4, -0.2) is 31.0 Å². The van der Waals surface area contributed by atoms with Crippen LogP contribution in [0.4, 0.5) is 0 Å². The number of pyridine rings is 1. The highest BCUT2D eigenvalue weighted by Gasteiger charge is 2.36. The Hall–Kier alpha value is -1.42. The topological polar surface area (TPSA) is 54.0 Å². The van der Waals surface area contributed by atoms with E-state index in [1.165, 1.54) is 19.3 Å². The molecule has 2 N–H and O–H groups in total. The summed E-state index contributed by atoms with van der Waals surface area (Å²) in [6.45, 7) is 1.71. The molecule has 1 saturated carbocycles. The van der Waals surface area contributed by atoms with E-state index in [4.69, 9.17) is 0 Å². The first-order valence-corrected chi connectivity index (χ1v) is 6.10. The molecule has 0 aromatic carbocycles. The predicted octanol–water partition coefficient (Wildman–Crippen LogP) is 1.20. The van der Waals surface area contributed by atoms with Crippen molar-refractivity contribution in [2.24, 2.45) is 5.41 Å². The van der Waals surface area contributed by atoms with Crippen LogP contribution < -0.4 is 10.6 Å². The minimum absolute atomic E-state index is 0.0759. The van der Waals surface area contributed by atoms with Crippen LogP contribution in [0.1, 0.15) is 29.8 Å². The molecule has 1 aliphatic carbocycles. The highest BCUT2D eigenvalue weighted by molar-refractivity contribution is 5.92. The van der Waals surface area contributed by atoms with Crippen LogP contribution >= 0.6 is 0 Å². The second kappa shape index (κ2) is 5.27. The maximum absolute atomic E-state index is 11.8. The summed E-state index contributed by atoms with van der Waals surface area (Å²) in [7, 11) is 1.96. The standard InChI is InChI=1S/C13H19N3O/c1-14-9-13(6-4-7-13)10-16-12(17)11-5-2-3-8-15-11/h2-3,5,8,14H,4,6-7,9-10H2,1H3,(H,16,17). The second-order valence-electron chi connectivity index (χ2n) is 4.78. The van der Waals surface area contributed by atoms with Gasteiger partial charge in [0.15, 0.2) is 0 Å². The second-order valence-corrected chi connectivity index (χ2v) is 4.78. The Morgan fingerprint density at radius 3 is 2.76 bits per heavy atom. The van der Waals surface area contributed by atoms with Gasteiger partial charge in [-0.15, -0.1) is 0 Å². The van der Waals surface area contributed by atoms with E-state index in [0.29, 0.717) is 5.69 Å². The highest BCUT2D eigenvalue weighted by atomic mass is 16.1. The Balaban J connectivity index is 1.88. The molecule has 4 heteroatoms. The molecule has 1 heterocycles. The van der Waals surface area contributed by atoms with E-state index in [-0.39, 0.29) is 11.3 Å². The number of aromatic nitrogens is 1. The van der Waals surface area contributed by atoms with Crippen molar-refractivity contribution in [3.63, 3.8) is 0 Å². The molecule has 0 spiro atoms. The van der Waals surface area contributed by atoms with E-state index in [9.17, 15) is 4.79 Å². The highest BCUT2D eigenvalue weighted by Crippen LogP contribution is 2.39. The van der Waals surface area contributed by atoms with Gasteiger partial charge >= 0.3 is 0 Å². The van der Waals surface area contributed by atoms with Gasteiger partial charge < -0.3 is 10.6 Å². The summed E-state index contributed by atoms with van der Waals surface area (Å²) in [6.07, 6.45) is 5.29. The summed E-state index contributed by atoms with van der Waals surface area (Å²) in [4.78, 5) is 15.9. The van der Waals surface area contributed by atoms with Gasteiger partial charge in [0.25, 0.3) is 5.91 Å². The van der Waals surface area contributed by atoms with E-state index in [1.807, 2.05) is 19.2 Å². The predicted molar refractivity (Wildman–Crippen MR) is 66.8 cm³/mol. The molecule has 17 heavy (non-hydrogen) atoms. The zero-order valence-electron chi connectivity index (χ0n) is 10.2. The van der Waals surface area contributed by atoms with E-state index < -0.39 is 0 Å². The van der Waals surface area contributed by atoms with Crippen molar-refractivity contribution in [1.29, 1.82) is 0 Å². The van der Waals surface area contributed by atoms with Crippen molar-refractivity contribution in [2.75, 3.05) is 20.1 Å². The number of carbonyl (C=O) groups excluding carboxylic acids is 1. The van der Waals surface area contributed by atoms with Crippen molar-refractivity contribution in [2.45, 2.75) is 19.3 Å². The van der Waals surface area contributed by atoms with Crippen molar-refractivity contribution >= 4 is 5.91 Å². The lowest BCUT2D eigenvalue weighted by Crippen LogP contribution is -2.47. The molecule has 1 fully saturated rings. The summed E-state index contributed by atoms with van der Waals surface area (Å²) in [6, 6.07) is 5.38. The number of nitrogens with zero attached hydrogens (tertiary/aromatic N) is 1. The van der Waals surface area contributed by atoms with Gasteiger partial charge in [-0.3, -0.25) is 9.78 Å². The molecule has 1 aromatic heterocycles. The zero-order valence-corrected chi connectivity index (χ0v) is 10.2.